The highest BCUT2D eigenvalue weighted by Gasteiger charge is 2.20. The lowest BCUT2D eigenvalue weighted by molar-refractivity contribution is -0.113. The number of anilines is 2. The number of thiophene rings is 1. The van der Waals surface area contributed by atoms with Gasteiger partial charge in [0.1, 0.15) is 4.83 Å². The Labute approximate surface area is 182 Å². The third kappa shape index (κ3) is 3.90. The number of para-hydroxylation sites is 1. The largest absolute Gasteiger partial charge is 0.397 e. The van der Waals surface area contributed by atoms with Gasteiger partial charge in [-0.3, -0.25) is 4.79 Å². The Morgan fingerprint density at radius 2 is 2.03 bits per heavy atom. The molecule has 1 amide bonds. The van der Waals surface area contributed by atoms with Gasteiger partial charge in [0.15, 0.2) is 11.0 Å². The van der Waals surface area contributed by atoms with Crippen LogP contribution in [0.25, 0.3) is 20.9 Å². The van der Waals surface area contributed by atoms with Gasteiger partial charge in [-0.1, -0.05) is 36.9 Å². The molecule has 0 aliphatic carbocycles. The van der Waals surface area contributed by atoms with Gasteiger partial charge in [0.05, 0.1) is 16.3 Å². The molecule has 154 valence electrons. The van der Waals surface area contributed by atoms with Crippen molar-refractivity contribution in [2.75, 3.05) is 16.8 Å². The molecule has 4 rings (SSSR count). The van der Waals surface area contributed by atoms with Gasteiger partial charge in [0, 0.05) is 23.8 Å². The number of rotatable bonds is 7. The summed E-state index contributed by atoms with van der Waals surface area (Å²) in [7, 11) is 0. The number of aromatic nitrogens is 4. The Kier molecular flexibility index (Phi) is 6.01. The van der Waals surface area contributed by atoms with Crippen molar-refractivity contribution in [2.24, 2.45) is 0 Å². The summed E-state index contributed by atoms with van der Waals surface area (Å²) in [6.07, 6.45) is 2.62. The third-order valence-electron chi connectivity index (χ3n) is 4.75. The molecule has 0 spiro atoms. The number of nitrogens with one attached hydrogen (secondary N) is 1. The first kappa shape index (κ1) is 20.4. The summed E-state index contributed by atoms with van der Waals surface area (Å²) in [6.45, 7) is 4.77. The quantitative estimate of drug-likeness (QED) is 0.414. The van der Waals surface area contributed by atoms with E-state index in [0.717, 1.165) is 32.8 Å². The number of nitrogens with zero attached hydrogens (tertiary/aromatic N) is 4. The van der Waals surface area contributed by atoms with Crippen LogP contribution in [0, 0.1) is 0 Å². The highest BCUT2D eigenvalue weighted by Crippen LogP contribution is 2.39. The number of thioether (sulfide) groups is 1. The van der Waals surface area contributed by atoms with Crippen LogP contribution in [0.15, 0.2) is 47.8 Å². The van der Waals surface area contributed by atoms with Gasteiger partial charge in [0.25, 0.3) is 0 Å². The lowest BCUT2D eigenvalue weighted by atomic mass is 10.1. The van der Waals surface area contributed by atoms with E-state index in [0.29, 0.717) is 23.2 Å². The maximum atomic E-state index is 12.5. The van der Waals surface area contributed by atoms with Crippen LogP contribution in [0.5, 0.6) is 0 Å². The molecule has 3 N–H and O–H groups in total. The van der Waals surface area contributed by atoms with E-state index in [1.807, 2.05) is 47.9 Å². The Balaban J connectivity index is 1.52. The zero-order valence-electron chi connectivity index (χ0n) is 16.8. The zero-order valence-corrected chi connectivity index (χ0v) is 18.4. The van der Waals surface area contributed by atoms with Gasteiger partial charge < -0.3 is 15.6 Å². The van der Waals surface area contributed by atoms with Crippen LogP contribution < -0.4 is 11.1 Å². The molecule has 3 aromatic heterocycles. The van der Waals surface area contributed by atoms with Crippen molar-refractivity contribution in [2.45, 2.75) is 32.0 Å². The van der Waals surface area contributed by atoms with E-state index in [9.17, 15) is 4.79 Å². The average molecular weight is 439 g/mol. The van der Waals surface area contributed by atoms with Crippen LogP contribution in [0.1, 0.15) is 19.4 Å². The number of nitrogens with two attached hydrogens (primary N) is 1. The minimum absolute atomic E-state index is 0.0707. The SMILES string of the molecule is CCc1ccccc1NC(=O)CSc1nnc(-c2sc3ncccc3c2N)n1CC. The molecule has 0 saturated heterocycles. The van der Waals surface area contributed by atoms with E-state index in [4.69, 9.17) is 5.73 Å². The lowest BCUT2D eigenvalue weighted by Crippen LogP contribution is -2.15. The number of carbonyl (C=O) groups excluding carboxylic acids is 1. The van der Waals surface area contributed by atoms with Crippen molar-refractivity contribution in [1.29, 1.82) is 0 Å². The molecule has 0 aliphatic heterocycles. The van der Waals surface area contributed by atoms with Gasteiger partial charge in [-0.05, 0) is 37.1 Å². The van der Waals surface area contributed by atoms with Crippen LogP contribution in [0.4, 0.5) is 11.4 Å². The molecule has 0 unspecified atom stereocenters. The normalized spacial score (nSPS) is 11.1. The molecule has 0 saturated carbocycles. The summed E-state index contributed by atoms with van der Waals surface area (Å²) < 4.78 is 1.99. The number of amides is 1. The predicted molar refractivity (Wildman–Crippen MR) is 124 cm³/mol. The minimum Gasteiger partial charge on any atom is -0.397 e. The maximum Gasteiger partial charge on any atom is 0.234 e. The topological polar surface area (TPSA) is 98.7 Å². The van der Waals surface area contributed by atoms with E-state index in [1.165, 1.54) is 23.1 Å². The van der Waals surface area contributed by atoms with Crippen molar-refractivity contribution in [1.82, 2.24) is 19.7 Å². The van der Waals surface area contributed by atoms with Crippen molar-refractivity contribution in [3.05, 3.63) is 48.2 Å². The van der Waals surface area contributed by atoms with Crippen LogP contribution in [-0.2, 0) is 17.8 Å². The van der Waals surface area contributed by atoms with Crippen LogP contribution in [0.3, 0.4) is 0 Å². The summed E-state index contributed by atoms with van der Waals surface area (Å²) >= 11 is 2.87. The number of nitrogen functional groups attached to an aromatic ring is 1. The number of fused-ring (bicyclic) bond motifs is 1. The minimum atomic E-state index is -0.0707. The molecule has 9 heteroatoms. The standard InChI is InChI=1S/C21H22N6OS2/c1-3-13-8-5-6-10-15(13)24-16(28)12-29-21-26-25-19(27(21)4-2)18-17(22)14-9-7-11-23-20(14)30-18/h5-11H,3-4,12,22H2,1-2H3,(H,24,28). The lowest BCUT2D eigenvalue weighted by Gasteiger charge is -2.10. The number of pyridine rings is 1. The van der Waals surface area contributed by atoms with Gasteiger partial charge in [0.2, 0.25) is 5.91 Å². The van der Waals surface area contributed by atoms with Gasteiger partial charge in [-0.25, -0.2) is 4.98 Å². The highest BCUT2D eigenvalue weighted by molar-refractivity contribution is 7.99. The Morgan fingerprint density at radius 1 is 1.20 bits per heavy atom. The fraction of sp³-hybridized carbons (Fsp3) is 0.238. The highest BCUT2D eigenvalue weighted by atomic mass is 32.2. The van der Waals surface area contributed by atoms with E-state index in [2.05, 4.69) is 27.4 Å². The van der Waals surface area contributed by atoms with Gasteiger partial charge in [-0.2, -0.15) is 0 Å². The van der Waals surface area contributed by atoms with Crippen molar-refractivity contribution >= 4 is 50.6 Å². The molecule has 0 bridgehead atoms. The first-order valence-corrected chi connectivity index (χ1v) is 11.5. The van der Waals surface area contributed by atoms with Crippen molar-refractivity contribution < 1.29 is 4.79 Å². The first-order chi connectivity index (χ1) is 14.6. The monoisotopic (exact) mass is 438 g/mol. The summed E-state index contributed by atoms with van der Waals surface area (Å²) in [5, 5.41) is 13.3. The Morgan fingerprint density at radius 3 is 2.80 bits per heavy atom. The number of hydrogen-bond acceptors (Lipinski definition) is 7. The molecule has 0 aliphatic rings. The molecule has 0 radical (unpaired) electrons. The zero-order chi connectivity index (χ0) is 21.1. The fourth-order valence-corrected chi connectivity index (χ4v) is 5.09. The van der Waals surface area contributed by atoms with Gasteiger partial charge in [-0.15, -0.1) is 21.5 Å². The fourth-order valence-electron chi connectivity index (χ4n) is 3.23. The number of hydrogen-bond donors (Lipinski definition) is 2. The second kappa shape index (κ2) is 8.85. The molecule has 3 heterocycles. The van der Waals surface area contributed by atoms with E-state index in [-0.39, 0.29) is 11.7 Å². The average Bonchev–Trinajstić information content (AvgIpc) is 3.33. The summed E-state index contributed by atoms with van der Waals surface area (Å²) in [4.78, 5) is 18.6. The van der Waals surface area contributed by atoms with Crippen molar-refractivity contribution in [3.63, 3.8) is 0 Å². The number of benzene rings is 1. The summed E-state index contributed by atoms with van der Waals surface area (Å²) in [5.41, 5.74) is 8.99. The van der Waals surface area contributed by atoms with E-state index >= 15 is 0 Å². The molecule has 7 nitrogen and oxygen atoms in total. The molecule has 1 aromatic carbocycles. The Hall–Kier alpha value is -2.91. The van der Waals surface area contributed by atoms with Crippen LogP contribution >= 0.6 is 23.1 Å². The number of carbonyl (C=O) groups is 1. The molecular weight excluding hydrogens is 416 g/mol. The second-order valence-corrected chi connectivity index (χ2v) is 8.54. The molecule has 30 heavy (non-hydrogen) atoms. The second-order valence-electron chi connectivity index (χ2n) is 6.60. The smallest absolute Gasteiger partial charge is 0.234 e. The van der Waals surface area contributed by atoms with Crippen molar-refractivity contribution in [3.8, 4) is 10.7 Å². The first-order valence-electron chi connectivity index (χ1n) is 9.69. The molecular formula is C21H22N6OS2. The van der Waals surface area contributed by atoms with Crippen LogP contribution in [0.2, 0.25) is 0 Å². The summed E-state index contributed by atoms with van der Waals surface area (Å²) in [5.74, 6) is 0.885. The summed E-state index contributed by atoms with van der Waals surface area (Å²) in [6, 6.07) is 11.7. The van der Waals surface area contributed by atoms with Gasteiger partial charge >= 0.3 is 0 Å². The van der Waals surface area contributed by atoms with E-state index < -0.39 is 0 Å². The van der Waals surface area contributed by atoms with E-state index in [1.54, 1.807) is 6.20 Å². The molecule has 4 aromatic rings. The third-order valence-corrected chi connectivity index (χ3v) is 6.84. The maximum absolute atomic E-state index is 12.5. The molecule has 0 atom stereocenters. The predicted octanol–water partition coefficient (Wildman–Crippen LogP) is 4.45. The van der Waals surface area contributed by atoms with Crippen LogP contribution in [-0.4, -0.2) is 31.4 Å². The Bertz CT molecular complexity index is 1200. The number of aryl methyl sites for hydroxylation is 1. The molecule has 0 fully saturated rings.